The molecule has 1 amide bonds. The van der Waals surface area contributed by atoms with Crippen molar-refractivity contribution in [3.63, 3.8) is 0 Å². The van der Waals surface area contributed by atoms with Gasteiger partial charge in [0.15, 0.2) is 5.76 Å². The topological polar surface area (TPSA) is 55.6 Å². The maximum atomic E-state index is 12.7. The number of carbonyl (C=O) groups is 1. The monoisotopic (exact) mass is 362 g/mol. The largest absolute Gasteiger partial charge is 0.380 e. The van der Waals surface area contributed by atoms with Crippen LogP contribution in [0.1, 0.15) is 23.2 Å². The number of hydrogen-bond acceptors (Lipinski definition) is 4. The van der Waals surface area contributed by atoms with Crippen molar-refractivity contribution in [2.45, 2.75) is 18.9 Å². The second-order valence-corrected chi connectivity index (χ2v) is 6.78. The number of aromatic nitrogens is 1. The summed E-state index contributed by atoms with van der Waals surface area (Å²) in [6.07, 6.45) is 3.78. The predicted molar refractivity (Wildman–Crippen MR) is 103 cm³/mol. The summed E-state index contributed by atoms with van der Waals surface area (Å²) in [6, 6.07) is 17.7. The standard InChI is InChI=1S/C22H22N2O3/c1-26-20-3-2-14-24(15-20)22(25)19-10-6-17(7-11-19)16-4-8-18(9-5-16)21-12-13-23-27-21/h4-13,20H,2-3,14-15H2,1H3/t20-/m0/s1. The zero-order valence-electron chi connectivity index (χ0n) is 15.3. The number of carbonyl (C=O) groups excluding carboxylic acids is 1. The van der Waals surface area contributed by atoms with E-state index in [2.05, 4.69) is 5.16 Å². The van der Waals surface area contributed by atoms with Crippen LogP contribution in [0.25, 0.3) is 22.5 Å². The second kappa shape index (κ2) is 7.76. The van der Waals surface area contributed by atoms with Gasteiger partial charge >= 0.3 is 0 Å². The third kappa shape index (κ3) is 3.78. The zero-order valence-corrected chi connectivity index (χ0v) is 15.3. The number of nitrogens with zero attached hydrogens (tertiary/aromatic N) is 2. The highest BCUT2D eigenvalue weighted by molar-refractivity contribution is 5.94. The Balaban J connectivity index is 1.48. The molecule has 1 aromatic heterocycles. The van der Waals surface area contributed by atoms with Crippen LogP contribution in [0.5, 0.6) is 0 Å². The highest BCUT2D eigenvalue weighted by Gasteiger charge is 2.24. The lowest BCUT2D eigenvalue weighted by molar-refractivity contribution is 0.0269. The first-order valence-corrected chi connectivity index (χ1v) is 9.18. The van der Waals surface area contributed by atoms with Gasteiger partial charge < -0.3 is 14.2 Å². The van der Waals surface area contributed by atoms with Gasteiger partial charge in [-0.25, -0.2) is 0 Å². The van der Waals surface area contributed by atoms with E-state index in [9.17, 15) is 4.79 Å². The van der Waals surface area contributed by atoms with Gasteiger partial charge in [-0.2, -0.15) is 0 Å². The minimum atomic E-state index is 0.0731. The number of amides is 1. The van der Waals surface area contributed by atoms with Crippen molar-refractivity contribution in [1.29, 1.82) is 0 Å². The molecule has 0 saturated carbocycles. The Kier molecular flexibility index (Phi) is 5.03. The molecule has 0 radical (unpaired) electrons. The Bertz CT molecular complexity index is 886. The molecule has 0 bridgehead atoms. The van der Waals surface area contributed by atoms with Crippen LogP contribution in [-0.2, 0) is 4.74 Å². The van der Waals surface area contributed by atoms with Crippen LogP contribution in [-0.4, -0.2) is 42.3 Å². The average Bonchev–Trinajstić information content (AvgIpc) is 3.28. The van der Waals surface area contributed by atoms with Crippen molar-refractivity contribution in [2.24, 2.45) is 0 Å². The van der Waals surface area contributed by atoms with E-state index in [1.807, 2.05) is 59.5 Å². The molecule has 0 unspecified atom stereocenters. The van der Waals surface area contributed by atoms with E-state index in [4.69, 9.17) is 9.26 Å². The molecule has 1 aliphatic heterocycles. The summed E-state index contributed by atoms with van der Waals surface area (Å²) >= 11 is 0. The van der Waals surface area contributed by atoms with E-state index < -0.39 is 0 Å². The molecule has 27 heavy (non-hydrogen) atoms. The molecule has 1 fully saturated rings. The molecule has 2 heterocycles. The highest BCUT2D eigenvalue weighted by Crippen LogP contribution is 2.25. The van der Waals surface area contributed by atoms with Gasteiger partial charge in [0, 0.05) is 37.4 Å². The molecule has 4 rings (SSSR count). The highest BCUT2D eigenvalue weighted by atomic mass is 16.5. The lowest BCUT2D eigenvalue weighted by Gasteiger charge is -2.32. The number of hydrogen-bond donors (Lipinski definition) is 0. The molecule has 1 aliphatic rings. The van der Waals surface area contributed by atoms with E-state index in [1.165, 1.54) is 0 Å². The van der Waals surface area contributed by atoms with E-state index in [1.54, 1.807) is 13.3 Å². The first-order chi connectivity index (χ1) is 13.2. The summed E-state index contributed by atoms with van der Waals surface area (Å²) in [6.45, 7) is 1.46. The summed E-state index contributed by atoms with van der Waals surface area (Å²) in [5, 5.41) is 3.74. The molecular weight excluding hydrogens is 340 g/mol. The molecule has 0 N–H and O–H groups in total. The third-order valence-corrected chi connectivity index (χ3v) is 5.07. The summed E-state index contributed by atoms with van der Waals surface area (Å²) in [5.74, 6) is 0.822. The van der Waals surface area contributed by atoms with Crippen LogP contribution < -0.4 is 0 Å². The number of benzene rings is 2. The minimum absolute atomic E-state index is 0.0731. The number of likely N-dealkylation sites (tertiary alicyclic amines) is 1. The molecule has 5 heteroatoms. The molecule has 138 valence electrons. The quantitative estimate of drug-likeness (QED) is 0.696. The van der Waals surface area contributed by atoms with Crippen molar-refractivity contribution in [3.05, 3.63) is 66.4 Å². The smallest absolute Gasteiger partial charge is 0.253 e. The molecule has 0 spiro atoms. The van der Waals surface area contributed by atoms with Crippen molar-refractivity contribution < 1.29 is 14.1 Å². The lowest BCUT2D eigenvalue weighted by Crippen LogP contribution is -2.42. The van der Waals surface area contributed by atoms with Crippen LogP contribution in [0.15, 0.2) is 65.3 Å². The molecule has 3 aromatic rings. The number of ether oxygens (including phenoxy) is 1. The van der Waals surface area contributed by atoms with Gasteiger partial charge in [0.25, 0.3) is 5.91 Å². The van der Waals surface area contributed by atoms with Crippen molar-refractivity contribution in [2.75, 3.05) is 20.2 Å². The lowest BCUT2D eigenvalue weighted by atomic mass is 10.0. The van der Waals surface area contributed by atoms with Crippen LogP contribution >= 0.6 is 0 Å². The summed E-state index contributed by atoms with van der Waals surface area (Å²) in [7, 11) is 1.71. The van der Waals surface area contributed by atoms with Gasteiger partial charge in [-0.05, 0) is 36.1 Å². The fourth-order valence-electron chi connectivity index (χ4n) is 3.49. The zero-order chi connectivity index (χ0) is 18.6. The van der Waals surface area contributed by atoms with E-state index >= 15 is 0 Å². The van der Waals surface area contributed by atoms with Gasteiger partial charge in [-0.15, -0.1) is 0 Å². The Morgan fingerprint density at radius 1 is 1.04 bits per heavy atom. The fraction of sp³-hybridized carbons (Fsp3) is 0.273. The van der Waals surface area contributed by atoms with Gasteiger partial charge in [-0.3, -0.25) is 4.79 Å². The van der Waals surface area contributed by atoms with Gasteiger partial charge in [0.2, 0.25) is 0 Å². The molecule has 0 aliphatic carbocycles. The SMILES string of the molecule is CO[C@H]1CCCN(C(=O)c2ccc(-c3ccc(-c4ccno4)cc3)cc2)C1. The maximum absolute atomic E-state index is 12.7. The van der Waals surface area contributed by atoms with Crippen molar-refractivity contribution in [1.82, 2.24) is 10.1 Å². The van der Waals surface area contributed by atoms with Crippen LogP contribution in [0.2, 0.25) is 0 Å². The van der Waals surface area contributed by atoms with Gasteiger partial charge in [0.1, 0.15) is 0 Å². The fourth-order valence-corrected chi connectivity index (χ4v) is 3.49. The number of piperidine rings is 1. The number of methoxy groups -OCH3 is 1. The number of rotatable bonds is 4. The molecule has 2 aromatic carbocycles. The molecule has 1 saturated heterocycles. The van der Waals surface area contributed by atoms with Crippen LogP contribution in [0.3, 0.4) is 0 Å². The Morgan fingerprint density at radius 2 is 1.70 bits per heavy atom. The minimum Gasteiger partial charge on any atom is -0.380 e. The molecule has 1 atom stereocenters. The van der Waals surface area contributed by atoms with Crippen molar-refractivity contribution in [3.8, 4) is 22.5 Å². The van der Waals surface area contributed by atoms with Gasteiger partial charge in [0.05, 0.1) is 12.3 Å². The predicted octanol–water partition coefficient (Wildman–Crippen LogP) is 4.26. The molecular formula is C22H22N2O3. The summed E-state index contributed by atoms with van der Waals surface area (Å²) < 4.78 is 10.6. The van der Waals surface area contributed by atoms with Crippen LogP contribution in [0.4, 0.5) is 0 Å². The maximum Gasteiger partial charge on any atom is 0.253 e. The Labute approximate surface area is 158 Å². The summed E-state index contributed by atoms with van der Waals surface area (Å²) in [5.41, 5.74) is 3.87. The van der Waals surface area contributed by atoms with E-state index in [-0.39, 0.29) is 12.0 Å². The first-order valence-electron chi connectivity index (χ1n) is 9.18. The Hall–Kier alpha value is -2.92. The normalized spacial score (nSPS) is 17.1. The summed E-state index contributed by atoms with van der Waals surface area (Å²) in [4.78, 5) is 14.6. The third-order valence-electron chi connectivity index (χ3n) is 5.07. The van der Waals surface area contributed by atoms with E-state index in [0.717, 1.165) is 41.8 Å². The first kappa shape index (κ1) is 17.5. The van der Waals surface area contributed by atoms with Crippen LogP contribution in [0, 0.1) is 0 Å². The average molecular weight is 362 g/mol. The van der Waals surface area contributed by atoms with Gasteiger partial charge in [-0.1, -0.05) is 41.6 Å². The Morgan fingerprint density at radius 3 is 2.33 bits per heavy atom. The van der Waals surface area contributed by atoms with Crippen molar-refractivity contribution >= 4 is 5.91 Å². The second-order valence-electron chi connectivity index (χ2n) is 6.78. The van der Waals surface area contributed by atoms with E-state index in [0.29, 0.717) is 12.1 Å². The molecule has 5 nitrogen and oxygen atoms in total.